The molecular weight excluding hydrogens is 481 g/mol. The van der Waals surface area contributed by atoms with Gasteiger partial charge in [0.15, 0.2) is 4.90 Å². The summed E-state index contributed by atoms with van der Waals surface area (Å²) in [5, 5.41) is 11.1. The van der Waals surface area contributed by atoms with Gasteiger partial charge in [0, 0.05) is 18.2 Å². The minimum atomic E-state index is -4.39. The maximum absolute atomic E-state index is 13.5. The van der Waals surface area contributed by atoms with Gasteiger partial charge in [-0.3, -0.25) is 9.36 Å². The highest BCUT2D eigenvalue weighted by Crippen LogP contribution is 2.29. The maximum atomic E-state index is 13.5. The summed E-state index contributed by atoms with van der Waals surface area (Å²) in [6.45, 7) is 4.22. The molecule has 1 N–H and O–H groups in total. The van der Waals surface area contributed by atoms with Crippen LogP contribution in [0.3, 0.4) is 0 Å². The average Bonchev–Trinajstić information content (AvgIpc) is 2.85. The van der Waals surface area contributed by atoms with Gasteiger partial charge in [0.1, 0.15) is 5.82 Å². The molecule has 4 rings (SSSR count). The lowest BCUT2D eigenvalue weighted by Gasteiger charge is -2.18. The van der Waals surface area contributed by atoms with Crippen molar-refractivity contribution in [3.8, 4) is 17.0 Å². The van der Waals surface area contributed by atoms with Crippen molar-refractivity contribution in [2.75, 3.05) is 0 Å². The first-order valence-corrected chi connectivity index (χ1v) is 13.0. The topological polar surface area (TPSA) is 102 Å². The van der Waals surface area contributed by atoms with Gasteiger partial charge < -0.3 is 5.11 Å². The molecule has 0 bridgehead atoms. The molecule has 0 saturated heterocycles. The van der Waals surface area contributed by atoms with E-state index in [2.05, 4.69) is 9.97 Å². The van der Waals surface area contributed by atoms with E-state index >= 15 is 0 Å². The summed E-state index contributed by atoms with van der Waals surface area (Å²) in [6, 6.07) is 17.7. The second-order valence-corrected chi connectivity index (χ2v) is 10.8. The van der Waals surface area contributed by atoms with Gasteiger partial charge in [0.05, 0.1) is 11.4 Å². The van der Waals surface area contributed by atoms with Gasteiger partial charge in [-0.05, 0) is 47.7 Å². The van der Waals surface area contributed by atoms with Crippen LogP contribution < -0.4 is 5.56 Å². The van der Waals surface area contributed by atoms with Crippen LogP contribution in [0.25, 0.3) is 11.1 Å². The normalized spacial score (nSPS) is 11.7. The van der Waals surface area contributed by atoms with E-state index in [1.54, 1.807) is 0 Å². The summed E-state index contributed by atoms with van der Waals surface area (Å²) >= 11 is 0. The van der Waals surface area contributed by atoms with E-state index in [0.29, 0.717) is 35.7 Å². The Bertz CT molecular complexity index is 1520. The predicted octanol–water partition coefficient (Wildman–Crippen LogP) is 4.62. The minimum absolute atomic E-state index is 0.159. The predicted molar refractivity (Wildman–Crippen MR) is 134 cm³/mol. The SMILES string of the molecule is CC(C)CCc1nc(=O)c(S(=O)(=O)c2ccc(-c3ccc(F)nc3)cc2)c(O)n1Cc1ccccc1. The molecular formula is C27H26FN3O4S. The molecule has 0 aliphatic rings. The van der Waals surface area contributed by atoms with Crippen molar-refractivity contribution in [2.45, 2.75) is 43.0 Å². The number of aromatic hydroxyl groups is 1. The van der Waals surface area contributed by atoms with Crippen LogP contribution in [0.4, 0.5) is 4.39 Å². The van der Waals surface area contributed by atoms with Crippen molar-refractivity contribution in [1.82, 2.24) is 14.5 Å². The van der Waals surface area contributed by atoms with E-state index in [4.69, 9.17) is 0 Å². The number of sulfone groups is 1. The van der Waals surface area contributed by atoms with Crippen molar-refractivity contribution in [1.29, 1.82) is 0 Å². The van der Waals surface area contributed by atoms with E-state index in [0.717, 1.165) is 5.56 Å². The van der Waals surface area contributed by atoms with Gasteiger partial charge in [-0.1, -0.05) is 56.3 Å². The van der Waals surface area contributed by atoms with E-state index in [9.17, 15) is 22.7 Å². The Morgan fingerprint density at radius 3 is 2.25 bits per heavy atom. The molecule has 36 heavy (non-hydrogen) atoms. The highest BCUT2D eigenvalue weighted by Gasteiger charge is 2.29. The van der Waals surface area contributed by atoms with Gasteiger partial charge in [0.25, 0.3) is 5.56 Å². The third kappa shape index (κ3) is 5.36. The Kier molecular flexibility index (Phi) is 7.30. The smallest absolute Gasteiger partial charge is 0.296 e. The first-order chi connectivity index (χ1) is 17.2. The van der Waals surface area contributed by atoms with Gasteiger partial charge >= 0.3 is 0 Å². The number of hydrogen-bond acceptors (Lipinski definition) is 6. The quantitative estimate of drug-likeness (QED) is 0.349. The monoisotopic (exact) mass is 507 g/mol. The van der Waals surface area contributed by atoms with Crippen molar-refractivity contribution in [3.63, 3.8) is 0 Å². The Morgan fingerprint density at radius 1 is 0.972 bits per heavy atom. The number of aryl methyl sites for hydroxylation is 1. The molecule has 0 amide bonds. The van der Waals surface area contributed by atoms with Crippen molar-refractivity contribution >= 4 is 9.84 Å². The summed E-state index contributed by atoms with van der Waals surface area (Å²) in [7, 11) is -4.39. The number of pyridine rings is 1. The molecule has 9 heteroatoms. The van der Waals surface area contributed by atoms with Crippen molar-refractivity contribution < 1.29 is 17.9 Å². The molecule has 0 saturated carbocycles. The number of hydrogen-bond donors (Lipinski definition) is 1. The lowest BCUT2D eigenvalue weighted by molar-refractivity contribution is 0.386. The second-order valence-electron chi connectivity index (χ2n) is 8.89. The lowest BCUT2D eigenvalue weighted by atomic mass is 10.1. The number of aromatic nitrogens is 3. The van der Waals surface area contributed by atoms with Crippen LogP contribution in [-0.4, -0.2) is 28.1 Å². The Labute approximate surface area is 208 Å². The molecule has 4 aromatic rings. The zero-order chi connectivity index (χ0) is 25.9. The molecule has 0 unspecified atom stereocenters. The van der Waals surface area contributed by atoms with Crippen LogP contribution in [-0.2, 0) is 22.8 Å². The first kappa shape index (κ1) is 25.2. The van der Waals surface area contributed by atoms with Crippen molar-refractivity contribution in [3.05, 3.63) is 101 Å². The molecule has 0 fully saturated rings. The maximum Gasteiger partial charge on any atom is 0.296 e. The number of halogens is 1. The summed E-state index contributed by atoms with van der Waals surface area (Å²) in [5.74, 6) is -0.602. The molecule has 0 spiro atoms. The zero-order valence-electron chi connectivity index (χ0n) is 19.9. The second kappa shape index (κ2) is 10.4. The van der Waals surface area contributed by atoms with Crippen LogP contribution in [0.1, 0.15) is 31.7 Å². The van der Waals surface area contributed by atoms with E-state index in [1.165, 1.54) is 47.2 Å². The summed E-state index contributed by atoms with van der Waals surface area (Å²) in [6.07, 6.45) is 2.47. The molecule has 0 aliphatic heterocycles. The molecule has 186 valence electrons. The van der Waals surface area contributed by atoms with Crippen LogP contribution in [0, 0.1) is 11.9 Å². The lowest BCUT2D eigenvalue weighted by Crippen LogP contribution is -2.25. The van der Waals surface area contributed by atoms with Crippen LogP contribution >= 0.6 is 0 Å². The fourth-order valence-corrected chi connectivity index (χ4v) is 5.19. The van der Waals surface area contributed by atoms with Crippen LogP contribution in [0.2, 0.25) is 0 Å². The number of benzene rings is 2. The van der Waals surface area contributed by atoms with E-state index < -0.39 is 32.1 Å². The van der Waals surface area contributed by atoms with Gasteiger partial charge in [-0.2, -0.15) is 9.37 Å². The Hall–Kier alpha value is -3.85. The van der Waals surface area contributed by atoms with Crippen molar-refractivity contribution in [2.24, 2.45) is 5.92 Å². The third-order valence-electron chi connectivity index (χ3n) is 5.82. The summed E-state index contributed by atoms with van der Waals surface area (Å²) in [5.41, 5.74) is 1.05. The molecule has 0 aliphatic carbocycles. The molecule has 7 nitrogen and oxygen atoms in total. The fraction of sp³-hybridized carbons (Fsp3) is 0.222. The van der Waals surface area contributed by atoms with Crippen LogP contribution in [0.5, 0.6) is 5.88 Å². The summed E-state index contributed by atoms with van der Waals surface area (Å²) < 4.78 is 41.5. The highest BCUT2D eigenvalue weighted by atomic mass is 32.2. The van der Waals surface area contributed by atoms with Gasteiger partial charge in [0.2, 0.25) is 21.7 Å². The van der Waals surface area contributed by atoms with Gasteiger partial charge in [-0.15, -0.1) is 0 Å². The fourth-order valence-electron chi connectivity index (χ4n) is 3.84. The molecule has 2 aromatic heterocycles. The average molecular weight is 508 g/mol. The summed E-state index contributed by atoms with van der Waals surface area (Å²) in [4.78, 5) is 19.7. The standard InChI is InChI=1S/C27H26FN3O4S/c1-18(2)8-15-24-30-26(32)25(27(33)31(24)17-19-6-4-3-5-7-19)36(34,35)22-12-9-20(10-13-22)21-11-14-23(28)29-16-21/h3-7,9-14,16,18,33H,8,15,17H2,1-2H3. The van der Waals surface area contributed by atoms with Gasteiger partial charge in [-0.25, -0.2) is 13.4 Å². The molecule has 2 aromatic carbocycles. The number of rotatable bonds is 8. The molecule has 0 radical (unpaired) electrons. The van der Waals surface area contributed by atoms with Crippen LogP contribution in [0.15, 0.2) is 87.5 Å². The molecule has 0 atom stereocenters. The minimum Gasteiger partial charge on any atom is -0.493 e. The Balaban J connectivity index is 1.78. The third-order valence-corrected chi connectivity index (χ3v) is 7.61. The highest BCUT2D eigenvalue weighted by molar-refractivity contribution is 7.91. The first-order valence-electron chi connectivity index (χ1n) is 11.5. The Morgan fingerprint density at radius 2 is 1.64 bits per heavy atom. The van der Waals surface area contributed by atoms with E-state index in [1.807, 2.05) is 44.2 Å². The number of nitrogens with zero attached hydrogens (tertiary/aromatic N) is 3. The van der Waals surface area contributed by atoms with E-state index in [-0.39, 0.29) is 11.4 Å². The molecule has 2 heterocycles. The zero-order valence-corrected chi connectivity index (χ0v) is 20.7. The largest absolute Gasteiger partial charge is 0.493 e.